The summed E-state index contributed by atoms with van der Waals surface area (Å²) in [5.41, 5.74) is 0.641. The molecule has 1 unspecified atom stereocenters. The number of anilines is 1. The van der Waals surface area contributed by atoms with Crippen molar-refractivity contribution in [1.29, 1.82) is 0 Å². The summed E-state index contributed by atoms with van der Waals surface area (Å²) in [5, 5.41) is 6.87. The number of nitrogens with zero attached hydrogens (tertiary/aromatic N) is 4. The Morgan fingerprint density at radius 1 is 1.39 bits per heavy atom. The van der Waals surface area contributed by atoms with Gasteiger partial charge in [0.2, 0.25) is 5.91 Å². The van der Waals surface area contributed by atoms with E-state index in [4.69, 9.17) is 0 Å². The summed E-state index contributed by atoms with van der Waals surface area (Å²) in [6, 6.07) is 1.39. The van der Waals surface area contributed by atoms with Gasteiger partial charge in [-0.15, -0.1) is 0 Å². The zero-order chi connectivity index (χ0) is 16.4. The molecule has 0 bridgehead atoms. The van der Waals surface area contributed by atoms with Gasteiger partial charge in [0.25, 0.3) is 5.91 Å². The normalized spacial score (nSPS) is 17.3. The lowest BCUT2D eigenvalue weighted by Crippen LogP contribution is -2.30. The van der Waals surface area contributed by atoms with E-state index in [0.29, 0.717) is 18.8 Å². The number of halogens is 1. The number of carbonyl (C=O) groups excluding carboxylic acids is 2. The number of aromatic nitrogens is 3. The Labute approximate surface area is 132 Å². The predicted octanol–water partition coefficient (Wildman–Crippen LogP) is 1.46. The number of pyridine rings is 1. The average Bonchev–Trinajstić information content (AvgIpc) is 3.15. The van der Waals surface area contributed by atoms with Gasteiger partial charge in [0.1, 0.15) is 0 Å². The second kappa shape index (κ2) is 6.15. The molecule has 120 valence electrons. The summed E-state index contributed by atoms with van der Waals surface area (Å²) in [6.45, 7) is 2.40. The number of amides is 2. The van der Waals surface area contributed by atoms with Crippen molar-refractivity contribution in [2.45, 2.75) is 19.4 Å². The Morgan fingerprint density at radius 2 is 2.22 bits per heavy atom. The Bertz CT molecular complexity index is 745. The van der Waals surface area contributed by atoms with E-state index in [-0.39, 0.29) is 23.4 Å². The van der Waals surface area contributed by atoms with Crippen LogP contribution in [0.5, 0.6) is 0 Å². The van der Waals surface area contributed by atoms with Gasteiger partial charge in [0, 0.05) is 32.4 Å². The van der Waals surface area contributed by atoms with E-state index in [2.05, 4.69) is 15.4 Å². The predicted molar refractivity (Wildman–Crippen MR) is 80.3 cm³/mol. The maximum atomic E-state index is 13.7. The maximum Gasteiger partial charge on any atom is 0.257 e. The molecule has 0 saturated carbocycles. The Kier molecular flexibility index (Phi) is 4.05. The van der Waals surface area contributed by atoms with Crippen LogP contribution in [0.3, 0.4) is 0 Å². The third kappa shape index (κ3) is 3.20. The van der Waals surface area contributed by atoms with Gasteiger partial charge in [-0.05, 0) is 12.5 Å². The highest BCUT2D eigenvalue weighted by Crippen LogP contribution is 2.24. The van der Waals surface area contributed by atoms with Crippen LogP contribution < -0.4 is 5.32 Å². The molecule has 1 aliphatic heterocycles. The topological polar surface area (TPSA) is 80.1 Å². The number of hydrogen-bond donors (Lipinski definition) is 1. The minimum atomic E-state index is -0.618. The molecule has 23 heavy (non-hydrogen) atoms. The summed E-state index contributed by atoms with van der Waals surface area (Å²) < 4.78 is 15.4. The van der Waals surface area contributed by atoms with E-state index < -0.39 is 5.82 Å². The fourth-order valence-corrected chi connectivity index (χ4v) is 2.67. The SMILES string of the molecule is CC(=O)Nc1cnn(C2CCN(C(=O)c3ccncc3F)C2)c1. The minimum absolute atomic E-state index is 0.00589. The van der Waals surface area contributed by atoms with Crippen molar-refractivity contribution in [2.24, 2.45) is 0 Å². The minimum Gasteiger partial charge on any atom is -0.336 e. The molecule has 0 spiro atoms. The highest BCUT2D eigenvalue weighted by atomic mass is 19.1. The molecule has 0 aromatic carbocycles. The number of nitrogens with one attached hydrogen (secondary N) is 1. The van der Waals surface area contributed by atoms with Crippen LogP contribution in [0.25, 0.3) is 0 Å². The molecule has 1 fully saturated rings. The molecule has 2 amide bonds. The summed E-state index contributed by atoms with van der Waals surface area (Å²) >= 11 is 0. The lowest BCUT2D eigenvalue weighted by molar-refractivity contribution is -0.114. The smallest absolute Gasteiger partial charge is 0.257 e. The van der Waals surface area contributed by atoms with Gasteiger partial charge in [-0.2, -0.15) is 5.10 Å². The van der Waals surface area contributed by atoms with Crippen molar-refractivity contribution in [3.63, 3.8) is 0 Å². The van der Waals surface area contributed by atoms with Crippen LogP contribution in [0, 0.1) is 5.82 Å². The van der Waals surface area contributed by atoms with E-state index in [9.17, 15) is 14.0 Å². The van der Waals surface area contributed by atoms with E-state index in [1.54, 1.807) is 22.0 Å². The molecule has 1 saturated heterocycles. The molecule has 1 N–H and O–H groups in total. The second-order valence-electron chi connectivity index (χ2n) is 5.44. The van der Waals surface area contributed by atoms with Gasteiger partial charge in [-0.25, -0.2) is 4.39 Å². The lowest BCUT2D eigenvalue weighted by Gasteiger charge is -2.17. The van der Waals surface area contributed by atoms with Gasteiger partial charge in [-0.3, -0.25) is 19.3 Å². The fourth-order valence-electron chi connectivity index (χ4n) is 2.67. The van der Waals surface area contributed by atoms with Crippen LogP contribution >= 0.6 is 0 Å². The summed E-state index contributed by atoms with van der Waals surface area (Å²) in [5.74, 6) is -1.13. The van der Waals surface area contributed by atoms with Crippen LogP contribution in [-0.4, -0.2) is 44.6 Å². The van der Waals surface area contributed by atoms with Crippen molar-refractivity contribution < 1.29 is 14.0 Å². The molecule has 1 aliphatic rings. The highest BCUT2D eigenvalue weighted by molar-refractivity contribution is 5.94. The standard InChI is InChI=1S/C15H16FN5O2/c1-10(22)19-11-6-18-21(8-11)12-3-5-20(9-12)15(23)13-2-4-17-7-14(13)16/h2,4,6-8,12H,3,5,9H2,1H3,(H,19,22). The third-order valence-corrected chi connectivity index (χ3v) is 3.75. The molecule has 8 heteroatoms. The first-order chi connectivity index (χ1) is 11.0. The Balaban J connectivity index is 1.69. The maximum absolute atomic E-state index is 13.7. The molecule has 3 rings (SSSR count). The summed E-state index contributed by atoms with van der Waals surface area (Å²) in [6.07, 6.45) is 6.45. The van der Waals surface area contributed by atoms with Crippen LogP contribution in [-0.2, 0) is 4.79 Å². The lowest BCUT2D eigenvalue weighted by atomic mass is 10.2. The van der Waals surface area contributed by atoms with E-state index in [1.807, 2.05) is 0 Å². The number of carbonyl (C=O) groups is 2. The molecule has 2 aromatic rings. The first-order valence-corrected chi connectivity index (χ1v) is 7.25. The number of rotatable bonds is 3. The average molecular weight is 317 g/mol. The first-order valence-electron chi connectivity index (χ1n) is 7.25. The van der Waals surface area contributed by atoms with Gasteiger partial charge in [0.05, 0.1) is 29.7 Å². The number of hydrogen-bond acceptors (Lipinski definition) is 4. The zero-order valence-electron chi connectivity index (χ0n) is 12.6. The molecule has 3 heterocycles. The molecule has 0 aliphatic carbocycles. The van der Waals surface area contributed by atoms with Crippen LogP contribution in [0.4, 0.5) is 10.1 Å². The van der Waals surface area contributed by atoms with Gasteiger partial charge >= 0.3 is 0 Å². The van der Waals surface area contributed by atoms with Crippen molar-refractivity contribution in [1.82, 2.24) is 19.7 Å². The van der Waals surface area contributed by atoms with E-state index >= 15 is 0 Å². The van der Waals surface area contributed by atoms with Crippen molar-refractivity contribution in [3.05, 3.63) is 42.2 Å². The van der Waals surface area contributed by atoms with E-state index in [0.717, 1.165) is 12.6 Å². The fraction of sp³-hybridized carbons (Fsp3) is 0.333. The van der Waals surface area contributed by atoms with E-state index in [1.165, 1.54) is 19.2 Å². The Morgan fingerprint density at radius 3 is 2.96 bits per heavy atom. The highest BCUT2D eigenvalue weighted by Gasteiger charge is 2.29. The Hall–Kier alpha value is -2.77. The van der Waals surface area contributed by atoms with Gasteiger partial charge in [0.15, 0.2) is 5.82 Å². The van der Waals surface area contributed by atoms with Crippen LogP contribution in [0.1, 0.15) is 29.7 Å². The van der Waals surface area contributed by atoms with Crippen LogP contribution in [0.15, 0.2) is 30.9 Å². The molecule has 1 atom stereocenters. The van der Waals surface area contributed by atoms with Gasteiger partial charge < -0.3 is 10.2 Å². The largest absolute Gasteiger partial charge is 0.336 e. The summed E-state index contributed by atoms with van der Waals surface area (Å²) in [4.78, 5) is 28.6. The molecule has 7 nitrogen and oxygen atoms in total. The van der Waals surface area contributed by atoms with Crippen molar-refractivity contribution in [3.8, 4) is 0 Å². The number of likely N-dealkylation sites (tertiary alicyclic amines) is 1. The van der Waals surface area contributed by atoms with Crippen molar-refractivity contribution in [2.75, 3.05) is 18.4 Å². The molecular weight excluding hydrogens is 301 g/mol. The van der Waals surface area contributed by atoms with Crippen LogP contribution in [0.2, 0.25) is 0 Å². The summed E-state index contributed by atoms with van der Waals surface area (Å²) in [7, 11) is 0. The van der Waals surface area contributed by atoms with Crippen molar-refractivity contribution >= 4 is 17.5 Å². The molecular formula is C15H16FN5O2. The second-order valence-corrected chi connectivity index (χ2v) is 5.44. The first kappa shape index (κ1) is 15.1. The van der Waals surface area contributed by atoms with Gasteiger partial charge in [-0.1, -0.05) is 0 Å². The molecule has 2 aromatic heterocycles. The zero-order valence-corrected chi connectivity index (χ0v) is 12.6. The monoisotopic (exact) mass is 317 g/mol. The third-order valence-electron chi connectivity index (χ3n) is 3.75. The quantitative estimate of drug-likeness (QED) is 0.929. The molecule has 0 radical (unpaired) electrons.